The lowest BCUT2D eigenvalue weighted by Crippen LogP contribution is -2.36. The van der Waals surface area contributed by atoms with Crippen LogP contribution >= 0.6 is 23.2 Å². The molecule has 0 radical (unpaired) electrons. The van der Waals surface area contributed by atoms with E-state index in [9.17, 15) is 0 Å². The van der Waals surface area contributed by atoms with E-state index in [1.807, 2.05) is 36.0 Å². The third-order valence-corrected chi connectivity index (χ3v) is 5.14. The lowest BCUT2D eigenvalue weighted by atomic mass is 10.3. The summed E-state index contributed by atoms with van der Waals surface area (Å²) in [6.07, 6.45) is 4.36. The maximum Gasteiger partial charge on any atom is 0.213 e. The van der Waals surface area contributed by atoms with E-state index in [1.54, 1.807) is 7.05 Å². The van der Waals surface area contributed by atoms with Crippen LogP contribution in [0, 0.1) is 5.92 Å². The first-order valence-corrected chi connectivity index (χ1v) is 9.34. The summed E-state index contributed by atoms with van der Waals surface area (Å²) in [5.74, 6) is 2.09. The number of halogens is 2. The Labute approximate surface area is 163 Å². The van der Waals surface area contributed by atoms with Crippen LogP contribution < -0.4 is 15.4 Å². The van der Waals surface area contributed by atoms with Gasteiger partial charge >= 0.3 is 0 Å². The topological polar surface area (TPSA) is 63.5 Å². The van der Waals surface area contributed by atoms with Crippen molar-refractivity contribution in [2.45, 2.75) is 25.9 Å². The SMILES string of the molecule is CN=C(NCc1ccc(OCC2CC2)nc1)NCc1cc(Cl)c(Cl)n1C. The van der Waals surface area contributed by atoms with Crippen LogP contribution in [0.15, 0.2) is 29.4 Å². The van der Waals surface area contributed by atoms with Gasteiger partial charge in [0.15, 0.2) is 5.96 Å². The van der Waals surface area contributed by atoms with E-state index in [0.29, 0.717) is 35.1 Å². The quantitative estimate of drug-likeness (QED) is 0.557. The number of hydrogen-bond acceptors (Lipinski definition) is 3. The van der Waals surface area contributed by atoms with E-state index < -0.39 is 0 Å². The van der Waals surface area contributed by atoms with Crippen LogP contribution in [0.5, 0.6) is 5.88 Å². The van der Waals surface area contributed by atoms with Crippen molar-refractivity contribution in [2.24, 2.45) is 18.0 Å². The maximum absolute atomic E-state index is 6.08. The van der Waals surface area contributed by atoms with Crippen LogP contribution in [0.2, 0.25) is 10.2 Å². The zero-order valence-corrected chi connectivity index (χ0v) is 16.4. The van der Waals surface area contributed by atoms with Crippen LogP contribution in [0.3, 0.4) is 0 Å². The zero-order chi connectivity index (χ0) is 18.5. The normalized spacial score (nSPS) is 14.4. The van der Waals surface area contributed by atoms with Gasteiger partial charge in [-0.25, -0.2) is 4.98 Å². The monoisotopic (exact) mass is 395 g/mol. The molecule has 26 heavy (non-hydrogen) atoms. The number of nitrogens with one attached hydrogen (secondary N) is 2. The average Bonchev–Trinajstić information content (AvgIpc) is 3.45. The van der Waals surface area contributed by atoms with Gasteiger partial charge in [-0.2, -0.15) is 0 Å². The van der Waals surface area contributed by atoms with Gasteiger partial charge in [-0.05, 0) is 30.4 Å². The molecular formula is C18H23Cl2N5O. The Hall–Kier alpha value is -1.92. The highest BCUT2D eigenvalue weighted by Gasteiger charge is 2.22. The molecule has 1 aliphatic carbocycles. The Bertz CT molecular complexity index is 769. The summed E-state index contributed by atoms with van der Waals surface area (Å²) in [5.41, 5.74) is 2.03. The summed E-state index contributed by atoms with van der Waals surface area (Å²) >= 11 is 12.1. The molecule has 2 heterocycles. The molecule has 0 spiro atoms. The molecule has 1 aliphatic rings. The van der Waals surface area contributed by atoms with Crippen LogP contribution in [-0.2, 0) is 20.1 Å². The zero-order valence-electron chi connectivity index (χ0n) is 14.9. The fourth-order valence-electron chi connectivity index (χ4n) is 2.43. The van der Waals surface area contributed by atoms with Gasteiger partial charge in [-0.3, -0.25) is 4.99 Å². The number of aromatic nitrogens is 2. The minimum Gasteiger partial charge on any atom is -0.477 e. The number of guanidine groups is 1. The molecule has 0 atom stereocenters. The molecule has 6 nitrogen and oxygen atoms in total. The Morgan fingerprint density at radius 2 is 2.08 bits per heavy atom. The highest BCUT2D eigenvalue weighted by Crippen LogP contribution is 2.29. The van der Waals surface area contributed by atoms with Crippen molar-refractivity contribution in [3.05, 3.63) is 45.8 Å². The molecule has 0 amide bonds. The molecule has 0 saturated heterocycles. The smallest absolute Gasteiger partial charge is 0.213 e. The van der Waals surface area contributed by atoms with Gasteiger partial charge in [-0.15, -0.1) is 0 Å². The number of pyridine rings is 1. The van der Waals surface area contributed by atoms with E-state index in [4.69, 9.17) is 27.9 Å². The van der Waals surface area contributed by atoms with Crippen molar-refractivity contribution in [1.82, 2.24) is 20.2 Å². The number of rotatable bonds is 7. The van der Waals surface area contributed by atoms with E-state index in [2.05, 4.69) is 20.6 Å². The Kier molecular flexibility index (Phi) is 6.27. The van der Waals surface area contributed by atoms with E-state index in [0.717, 1.165) is 23.8 Å². The first kappa shape index (κ1) is 18.9. The van der Waals surface area contributed by atoms with Gasteiger partial charge in [0.1, 0.15) is 5.15 Å². The van der Waals surface area contributed by atoms with Gasteiger partial charge in [0, 0.05) is 38.6 Å². The van der Waals surface area contributed by atoms with Gasteiger partial charge < -0.3 is 19.9 Å². The van der Waals surface area contributed by atoms with Crippen molar-refractivity contribution in [3.63, 3.8) is 0 Å². The van der Waals surface area contributed by atoms with Gasteiger partial charge in [0.05, 0.1) is 18.2 Å². The van der Waals surface area contributed by atoms with Crippen LogP contribution in [-0.4, -0.2) is 29.2 Å². The maximum atomic E-state index is 6.08. The Morgan fingerprint density at radius 1 is 1.31 bits per heavy atom. The molecule has 0 bridgehead atoms. The standard InChI is InChI=1S/C18H23Cl2N5O/c1-21-18(24-10-14-7-15(19)17(20)25(14)2)23-9-13-5-6-16(22-8-13)26-11-12-3-4-12/h5-8,12H,3-4,9-11H2,1-2H3,(H2,21,23,24). The van der Waals surface area contributed by atoms with Crippen LogP contribution in [0.1, 0.15) is 24.1 Å². The minimum absolute atomic E-state index is 0.529. The van der Waals surface area contributed by atoms with Crippen molar-refractivity contribution in [1.29, 1.82) is 0 Å². The minimum atomic E-state index is 0.529. The molecule has 0 aromatic carbocycles. The summed E-state index contributed by atoms with van der Waals surface area (Å²) in [4.78, 5) is 8.57. The summed E-state index contributed by atoms with van der Waals surface area (Å²) in [7, 11) is 3.60. The van der Waals surface area contributed by atoms with E-state index in [1.165, 1.54) is 12.8 Å². The van der Waals surface area contributed by atoms with Gasteiger partial charge in [0.2, 0.25) is 5.88 Å². The van der Waals surface area contributed by atoms with Crippen LogP contribution in [0.4, 0.5) is 0 Å². The number of nitrogens with zero attached hydrogens (tertiary/aromatic N) is 3. The molecule has 2 aromatic heterocycles. The first-order chi connectivity index (χ1) is 12.6. The van der Waals surface area contributed by atoms with Crippen molar-refractivity contribution in [2.75, 3.05) is 13.7 Å². The lowest BCUT2D eigenvalue weighted by molar-refractivity contribution is 0.288. The second-order valence-electron chi connectivity index (χ2n) is 6.37. The molecule has 3 rings (SSSR count). The van der Waals surface area contributed by atoms with E-state index >= 15 is 0 Å². The first-order valence-electron chi connectivity index (χ1n) is 8.58. The van der Waals surface area contributed by atoms with Crippen molar-refractivity contribution < 1.29 is 4.74 Å². The molecule has 2 aromatic rings. The van der Waals surface area contributed by atoms with Crippen LogP contribution in [0.25, 0.3) is 0 Å². The third kappa shape index (κ3) is 5.05. The van der Waals surface area contributed by atoms with Crippen molar-refractivity contribution >= 4 is 29.2 Å². The molecule has 8 heteroatoms. The molecular weight excluding hydrogens is 373 g/mol. The number of ether oxygens (including phenoxy) is 1. The van der Waals surface area contributed by atoms with Crippen molar-refractivity contribution in [3.8, 4) is 5.88 Å². The van der Waals surface area contributed by atoms with Gasteiger partial charge in [0.25, 0.3) is 0 Å². The lowest BCUT2D eigenvalue weighted by Gasteiger charge is -2.12. The predicted octanol–water partition coefficient (Wildman–Crippen LogP) is 3.38. The van der Waals surface area contributed by atoms with E-state index in [-0.39, 0.29) is 0 Å². The molecule has 0 aliphatic heterocycles. The molecule has 1 fully saturated rings. The average molecular weight is 396 g/mol. The Balaban J connectivity index is 1.46. The fraction of sp³-hybridized carbons (Fsp3) is 0.444. The molecule has 2 N–H and O–H groups in total. The third-order valence-electron chi connectivity index (χ3n) is 4.30. The summed E-state index contributed by atoms with van der Waals surface area (Å²) < 4.78 is 7.49. The predicted molar refractivity (Wildman–Crippen MR) is 105 cm³/mol. The number of hydrogen-bond donors (Lipinski definition) is 2. The molecule has 0 unspecified atom stereocenters. The summed E-state index contributed by atoms with van der Waals surface area (Å²) in [5, 5.41) is 7.58. The highest BCUT2D eigenvalue weighted by atomic mass is 35.5. The fourth-order valence-corrected chi connectivity index (χ4v) is 2.84. The largest absolute Gasteiger partial charge is 0.477 e. The second-order valence-corrected chi connectivity index (χ2v) is 7.14. The summed E-state index contributed by atoms with van der Waals surface area (Å²) in [6, 6.07) is 5.75. The summed E-state index contributed by atoms with van der Waals surface area (Å²) in [6.45, 7) is 1.95. The molecule has 140 valence electrons. The second kappa shape index (κ2) is 8.64. The molecule has 1 saturated carbocycles. The highest BCUT2D eigenvalue weighted by molar-refractivity contribution is 6.41. The Morgan fingerprint density at radius 3 is 2.65 bits per heavy atom. The van der Waals surface area contributed by atoms with Gasteiger partial charge in [-0.1, -0.05) is 29.3 Å². The number of aliphatic imine (C=N–C) groups is 1.